The van der Waals surface area contributed by atoms with Gasteiger partial charge < -0.3 is 15.4 Å². The second kappa shape index (κ2) is 6.23. The van der Waals surface area contributed by atoms with E-state index in [1.165, 1.54) is 0 Å². The second-order valence-corrected chi connectivity index (χ2v) is 4.98. The van der Waals surface area contributed by atoms with E-state index in [2.05, 4.69) is 9.97 Å². The van der Waals surface area contributed by atoms with Crippen molar-refractivity contribution in [3.8, 4) is 5.88 Å². The molecule has 5 nitrogen and oxygen atoms in total. The Bertz CT molecular complexity index is 571. The summed E-state index contributed by atoms with van der Waals surface area (Å²) >= 11 is 0. The van der Waals surface area contributed by atoms with Crippen LogP contribution >= 0.6 is 0 Å². The zero-order chi connectivity index (χ0) is 14.5. The Morgan fingerprint density at radius 2 is 2.10 bits per heavy atom. The van der Waals surface area contributed by atoms with Gasteiger partial charge in [-0.05, 0) is 31.5 Å². The second-order valence-electron chi connectivity index (χ2n) is 4.98. The Morgan fingerprint density at radius 1 is 1.30 bits per heavy atom. The summed E-state index contributed by atoms with van der Waals surface area (Å²) in [6, 6.07) is 7.82. The number of nitrogens with two attached hydrogens (primary N) is 1. The number of nitrogen functional groups attached to an aromatic ring is 1. The molecule has 0 atom stereocenters. The third kappa shape index (κ3) is 3.85. The summed E-state index contributed by atoms with van der Waals surface area (Å²) in [6.07, 6.45) is 3.43. The van der Waals surface area contributed by atoms with Crippen LogP contribution in [0.1, 0.15) is 19.4 Å². The van der Waals surface area contributed by atoms with Crippen molar-refractivity contribution in [2.75, 3.05) is 17.7 Å². The zero-order valence-corrected chi connectivity index (χ0v) is 12.1. The van der Waals surface area contributed by atoms with Crippen LogP contribution < -0.4 is 15.4 Å². The van der Waals surface area contributed by atoms with E-state index in [9.17, 15) is 0 Å². The molecule has 1 aromatic carbocycles. The van der Waals surface area contributed by atoms with Gasteiger partial charge in [0.25, 0.3) is 0 Å². The fraction of sp³-hybridized carbons (Fsp3) is 0.333. The van der Waals surface area contributed by atoms with Gasteiger partial charge in [-0.1, -0.05) is 12.1 Å². The van der Waals surface area contributed by atoms with Crippen molar-refractivity contribution in [1.82, 2.24) is 9.97 Å². The lowest BCUT2D eigenvalue weighted by Gasteiger charge is -2.19. The zero-order valence-electron chi connectivity index (χ0n) is 12.1. The molecule has 0 unspecified atom stereocenters. The van der Waals surface area contributed by atoms with Gasteiger partial charge in [-0.2, -0.15) is 4.98 Å². The summed E-state index contributed by atoms with van der Waals surface area (Å²) in [6.45, 7) is 4.64. The van der Waals surface area contributed by atoms with Crippen LogP contribution in [0.3, 0.4) is 0 Å². The van der Waals surface area contributed by atoms with E-state index in [1.54, 1.807) is 12.4 Å². The van der Waals surface area contributed by atoms with Crippen molar-refractivity contribution in [2.24, 2.45) is 0 Å². The molecule has 2 aromatic rings. The van der Waals surface area contributed by atoms with Gasteiger partial charge in [0, 0.05) is 19.3 Å². The number of rotatable bonds is 5. The Balaban J connectivity index is 2.10. The largest absolute Gasteiger partial charge is 0.474 e. The van der Waals surface area contributed by atoms with Gasteiger partial charge in [-0.25, -0.2) is 0 Å². The van der Waals surface area contributed by atoms with Crippen LogP contribution in [-0.4, -0.2) is 23.1 Å². The monoisotopic (exact) mass is 272 g/mol. The Labute approximate surface area is 119 Å². The minimum atomic E-state index is 0.0822. The number of anilines is 2. The highest BCUT2D eigenvalue weighted by Gasteiger charge is 2.07. The molecule has 0 spiro atoms. The van der Waals surface area contributed by atoms with Crippen LogP contribution in [0.4, 0.5) is 11.5 Å². The van der Waals surface area contributed by atoms with Gasteiger partial charge in [-0.3, -0.25) is 4.98 Å². The molecule has 0 aliphatic carbocycles. The Kier molecular flexibility index (Phi) is 4.40. The molecule has 0 aliphatic heterocycles. The summed E-state index contributed by atoms with van der Waals surface area (Å²) < 4.78 is 5.55. The van der Waals surface area contributed by atoms with Crippen LogP contribution in [0.25, 0.3) is 0 Å². The standard InChI is InChI=1S/C15H20N4O/c1-11(2)20-15-9-17-8-14(18-15)19(3)10-12-5-4-6-13(16)7-12/h4-9,11H,10,16H2,1-3H3. The average Bonchev–Trinajstić information content (AvgIpc) is 2.38. The number of benzene rings is 1. The van der Waals surface area contributed by atoms with Crippen molar-refractivity contribution in [3.63, 3.8) is 0 Å². The molecule has 0 saturated carbocycles. The van der Waals surface area contributed by atoms with E-state index in [-0.39, 0.29) is 6.10 Å². The molecule has 0 amide bonds. The molecule has 0 fully saturated rings. The highest BCUT2D eigenvalue weighted by Crippen LogP contribution is 2.17. The lowest BCUT2D eigenvalue weighted by atomic mass is 10.2. The van der Waals surface area contributed by atoms with Gasteiger partial charge in [0.15, 0.2) is 5.82 Å². The topological polar surface area (TPSA) is 64.3 Å². The van der Waals surface area contributed by atoms with Crippen LogP contribution in [0.5, 0.6) is 5.88 Å². The molecule has 0 radical (unpaired) electrons. The van der Waals surface area contributed by atoms with E-state index in [4.69, 9.17) is 10.5 Å². The van der Waals surface area contributed by atoms with Crippen molar-refractivity contribution in [1.29, 1.82) is 0 Å². The first-order valence-electron chi connectivity index (χ1n) is 6.59. The van der Waals surface area contributed by atoms with Gasteiger partial charge >= 0.3 is 0 Å². The van der Waals surface area contributed by atoms with Crippen LogP contribution in [0, 0.1) is 0 Å². The Morgan fingerprint density at radius 3 is 2.80 bits per heavy atom. The van der Waals surface area contributed by atoms with Gasteiger partial charge in [-0.15, -0.1) is 0 Å². The molecule has 1 heterocycles. The summed E-state index contributed by atoms with van der Waals surface area (Å²) in [5.41, 5.74) is 7.68. The number of ether oxygens (including phenoxy) is 1. The highest BCUT2D eigenvalue weighted by molar-refractivity contribution is 5.43. The van der Waals surface area contributed by atoms with Crippen molar-refractivity contribution in [3.05, 3.63) is 42.2 Å². The van der Waals surface area contributed by atoms with Crippen molar-refractivity contribution in [2.45, 2.75) is 26.5 Å². The van der Waals surface area contributed by atoms with Crippen molar-refractivity contribution < 1.29 is 4.74 Å². The van der Waals surface area contributed by atoms with E-state index >= 15 is 0 Å². The summed E-state index contributed by atoms with van der Waals surface area (Å²) in [4.78, 5) is 10.6. The molecule has 0 saturated heterocycles. The maximum Gasteiger partial charge on any atom is 0.234 e. The third-order valence-corrected chi connectivity index (χ3v) is 2.72. The van der Waals surface area contributed by atoms with E-state index in [1.807, 2.05) is 50.1 Å². The first kappa shape index (κ1) is 14.1. The number of nitrogens with zero attached hydrogens (tertiary/aromatic N) is 3. The van der Waals surface area contributed by atoms with E-state index < -0.39 is 0 Å². The van der Waals surface area contributed by atoms with E-state index in [0.717, 1.165) is 17.1 Å². The molecule has 2 N–H and O–H groups in total. The SMILES string of the molecule is CC(C)Oc1cncc(N(C)Cc2cccc(N)c2)n1. The third-order valence-electron chi connectivity index (χ3n) is 2.72. The number of hydrogen-bond acceptors (Lipinski definition) is 5. The molecule has 106 valence electrons. The van der Waals surface area contributed by atoms with E-state index in [0.29, 0.717) is 12.4 Å². The molecule has 20 heavy (non-hydrogen) atoms. The number of hydrogen-bond donors (Lipinski definition) is 1. The molecule has 1 aromatic heterocycles. The van der Waals surface area contributed by atoms with Gasteiger partial charge in [0.1, 0.15) is 0 Å². The van der Waals surface area contributed by atoms with Crippen LogP contribution in [0.15, 0.2) is 36.7 Å². The van der Waals surface area contributed by atoms with Crippen LogP contribution in [-0.2, 0) is 6.54 Å². The fourth-order valence-corrected chi connectivity index (χ4v) is 1.87. The van der Waals surface area contributed by atoms with Gasteiger partial charge in [0.2, 0.25) is 5.88 Å². The van der Waals surface area contributed by atoms with Crippen LogP contribution in [0.2, 0.25) is 0 Å². The maximum atomic E-state index is 5.79. The minimum absolute atomic E-state index is 0.0822. The predicted molar refractivity (Wildman–Crippen MR) is 80.8 cm³/mol. The molecular weight excluding hydrogens is 252 g/mol. The van der Waals surface area contributed by atoms with Crippen molar-refractivity contribution >= 4 is 11.5 Å². The van der Waals surface area contributed by atoms with Gasteiger partial charge in [0.05, 0.1) is 18.5 Å². The first-order chi connectivity index (χ1) is 9.54. The average molecular weight is 272 g/mol. The predicted octanol–water partition coefficient (Wildman–Crippen LogP) is 2.48. The quantitative estimate of drug-likeness (QED) is 0.847. The molecular formula is C15H20N4O. The summed E-state index contributed by atoms with van der Waals surface area (Å²) in [5.74, 6) is 1.31. The molecule has 0 aliphatic rings. The summed E-state index contributed by atoms with van der Waals surface area (Å²) in [5, 5.41) is 0. The first-order valence-corrected chi connectivity index (χ1v) is 6.59. The molecule has 5 heteroatoms. The highest BCUT2D eigenvalue weighted by atomic mass is 16.5. The summed E-state index contributed by atoms with van der Waals surface area (Å²) in [7, 11) is 1.96. The number of aromatic nitrogens is 2. The molecule has 0 bridgehead atoms. The maximum absolute atomic E-state index is 5.79. The molecule has 2 rings (SSSR count). The lowest BCUT2D eigenvalue weighted by Crippen LogP contribution is -2.18. The smallest absolute Gasteiger partial charge is 0.234 e. The fourth-order valence-electron chi connectivity index (χ4n) is 1.87. The Hall–Kier alpha value is -2.30. The normalized spacial score (nSPS) is 10.6. The lowest BCUT2D eigenvalue weighted by molar-refractivity contribution is 0.231. The minimum Gasteiger partial charge on any atom is -0.474 e.